The van der Waals surface area contributed by atoms with E-state index in [0.29, 0.717) is 11.3 Å². The Morgan fingerprint density at radius 1 is 1.00 bits per heavy atom. The van der Waals surface area contributed by atoms with Gasteiger partial charge in [0.15, 0.2) is 6.29 Å². The summed E-state index contributed by atoms with van der Waals surface area (Å²) >= 11 is 0. The van der Waals surface area contributed by atoms with Crippen molar-refractivity contribution < 1.29 is 33.0 Å². The monoisotopic (exact) mass is 326 g/mol. The minimum atomic E-state index is -4.36. The van der Waals surface area contributed by atoms with Crippen LogP contribution in [0.3, 0.4) is 0 Å². The van der Waals surface area contributed by atoms with Crippen molar-refractivity contribution in [3.8, 4) is 5.75 Å². The Bertz CT molecular complexity index is 661. The van der Waals surface area contributed by atoms with Gasteiger partial charge in [-0.25, -0.2) is 0 Å². The molecule has 0 atom stereocenters. The maximum atomic E-state index is 12.4. The Morgan fingerprint density at radius 3 is 2.04 bits per heavy atom. The summed E-state index contributed by atoms with van der Waals surface area (Å²) < 4.78 is 42.7. The van der Waals surface area contributed by atoms with Gasteiger partial charge in [0, 0.05) is 5.56 Å². The Hall–Kier alpha value is -2.67. The van der Waals surface area contributed by atoms with E-state index in [1.807, 2.05) is 0 Å². The van der Waals surface area contributed by atoms with Crippen molar-refractivity contribution in [3.05, 3.63) is 65.2 Å². The average molecular weight is 326 g/mol. The molecule has 0 spiro atoms. The Labute approximate surface area is 129 Å². The van der Waals surface area contributed by atoms with E-state index in [1.54, 1.807) is 0 Å². The first-order chi connectivity index (χ1) is 10.4. The van der Waals surface area contributed by atoms with Crippen LogP contribution in [0.2, 0.25) is 0 Å². The molecule has 0 bridgehead atoms. The molecular weight excluding hydrogens is 313 g/mol. The Kier molecular flexibility index (Phi) is 6.03. The second-order valence-electron chi connectivity index (χ2n) is 4.49. The topological polar surface area (TPSA) is 74.9 Å². The molecule has 0 radical (unpaired) electrons. The Balaban J connectivity index is 0.00000264. The summed E-state index contributed by atoms with van der Waals surface area (Å²) in [6, 6.07) is 10.6. The van der Waals surface area contributed by atoms with Gasteiger partial charge in [0.25, 0.3) is 0 Å². The fourth-order valence-electron chi connectivity index (χ4n) is 1.74. The average Bonchev–Trinajstić information content (AvgIpc) is 2.52. The van der Waals surface area contributed by atoms with Crippen LogP contribution in [0, 0.1) is 0 Å². The quantitative estimate of drug-likeness (QED) is 0.482. The molecule has 0 unspecified atom stereocenters. The van der Waals surface area contributed by atoms with Crippen LogP contribution >= 0.6 is 0 Å². The van der Waals surface area contributed by atoms with E-state index in [9.17, 15) is 22.8 Å². The number of rotatable bonds is 5. The van der Waals surface area contributed by atoms with Crippen LogP contribution < -0.4 is 4.74 Å². The standard InChI is InChI=1S/C16H11F3O3.H2O/c17-16(18,19)13-5-1-11(2-6-13)10-22-14-7-3-12(4-8-14)15(21)9-20;/h1-9H,10H2;1H2. The van der Waals surface area contributed by atoms with Gasteiger partial charge in [0.05, 0.1) is 5.56 Å². The molecule has 0 fully saturated rings. The van der Waals surface area contributed by atoms with E-state index in [-0.39, 0.29) is 23.9 Å². The third-order valence-corrected chi connectivity index (χ3v) is 2.93. The lowest BCUT2D eigenvalue weighted by atomic mass is 10.1. The number of Topliss-reactive ketones (excluding diaryl/α,β-unsaturated/α-hetero) is 1. The second-order valence-corrected chi connectivity index (χ2v) is 4.49. The highest BCUT2D eigenvalue weighted by atomic mass is 19.4. The zero-order chi connectivity index (χ0) is 16.2. The molecule has 4 nitrogen and oxygen atoms in total. The van der Waals surface area contributed by atoms with Crippen LogP contribution in [-0.2, 0) is 17.6 Å². The minimum absolute atomic E-state index is 0. The lowest BCUT2D eigenvalue weighted by molar-refractivity contribution is -0.137. The molecule has 2 aromatic carbocycles. The van der Waals surface area contributed by atoms with Gasteiger partial charge in [-0.1, -0.05) is 12.1 Å². The van der Waals surface area contributed by atoms with Crippen molar-refractivity contribution in [1.82, 2.24) is 0 Å². The summed E-state index contributed by atoms with van der Waals surface area (Å²) in [5, 5.41) is 0. The number of carbonyl (C=O) groups is 2. The van der Waals surface area contributed by atoms with Crippen molar-refractivity contribution in [3.63, 3.8) is 0 Å². The van der Waals surface area contributed by atoms with Gasteiger partial charge in [-0.2, -0.15) is 13.2 Å². The third kappa shape index (κ3) is 4.93. The molecule has 0 aliphatic rings. The first-order valence-electron chi connectivity index (χ1n) is 6.28. The number of benzene rings is 2. The van der Waals surface area contributed by atoms with E-state index >= 15 is 0 Å². The zero-order valence-corrected chi connectivity index (χ0v) is 11.8. The second kappa shape index (κ2) is 7.55. The van der Waals surface area contributed by atoms with Gasteiger partial charge >= 0.3 is 6.18 Å². The molecule has 0 saturated heterocycles. The molecule has 7 heteroatoms. The number of halogens is 3. The summed E-state index contributed by atoms with van der Waals surface area (Å²) in [5.41, 5.74) is 0.117. The highest BCUT2D eigenvalue weighted by molar-refractivity contribution is 6.33. The zero-order valence-electron chi connectivity index (χ0n) is 11.8. The fraction of sp³-hybridized carbons (Fsp3) is 0.125. The summed E-state index contributed by atoms with van der Waals surface area (Å²) in [5.74, 6) is -0.184. The van der Waals surface area contributed by atoms with Crippen molar-refractivity contribution >= 4 is 12.1 Å². The number of aldehydes is 1. The van der Waals surface area contributed by atoms with Gasteiger partial charge in [-0.05, 0) is 42.0 Å². The maximum absolute atomic E-state index is 12.4. The van der Waals surface area contributed by atoms with Crippen molar-refractivity contribution in [1.29, 1.82) is 0 Å². The van der Waals surface area contributed by atoms with Crippen molar-refractivity contribution in [2.24, 2.45) is 0 Å². The predicted molar refractivity (Wildman–Crippen MR) is 76.2 cm³/mol. The van der Waals surface area contributed by atoms with Gasteiger partial charge in [0.1, 0.15) is 12.4 Å². The van der Waals surface area contributed by atoms with Crippen LogP contribution in [0.1, 0.15) is 21.5 Å². The smallest absolute Gasteiger partial charge is 0.416 e. The molecule has 2 aromatic rings. The summed E-state index contributed by atoms with van der Waals surface area (Å²) in [7, 11) is 0. The molecule has 0 amide bonds. The van der Waals surface area contributed by atoms with E-state index in [1.165, 1.54) is 36.4 Å². The highest BCUT2D eigenvalue weighted by Crippen LogP contribution is 2.29. The van der Waals surface area contributed by atoms with Gasteiger partial charge < -0.3 is 10.2 Å². The van der Waals surface area contributed by atoms with E-state index in [2.05, 4.69) is 0 Å². The van der Waals surface area contributed by atoms with Crippen LogP contribution in [0.25, 0.3) is 0 Å². The molecule has 122 valence electrons. The molecule has 0 aliphatic carbocycles. The molecule has 2 N–H and O–H groups in total. The summed E-state index contributed by atoms with van der Waals surface area (Å²) in [6.07, 6.45) is -4.14. The fourth-order valence-corrected chi connectivity index (χ4v) is 1.74. The first kappa shape index (κ1) is 18.4. The molecule has 23 heavy (non-hydrogen) atoms. The SMILES string of the molecule is O.O=CC(=O)c1ccc(OCc2ccc(C(F)(F)F)cc2)cc1. The van der Waals surface area contributed by atoms with Crippen LogP contribution in [-0.4, -0.2) is 17.5 Å². The molecule has 0 saturated carbocycles. The van der Waals surface area contributed by atoms with Crippen LogP contribution in [0.15, 0.2) is 48.5 Å². The highest BCUT2D eigenvalue weighted by Gasteiger charge is 2.29. The normalized spacial score (nSPS) is 10.6. The number of ketones is 1. The largest absolute Gasteiger partial charge is 0.489 e. The summed E-state index contributed by atoms with van der Waals surface area (Å²) in [6.45, 7) is 0.0963. The number of alkyl halides is 3. The molecule has 0 aromatic heterocycles. The van der Waals surface area contributed by atoms with Crippen LogP contribution in [0.5, 0.6) is 5.75 Å². The van der Waals surface area contributed by atoms with Gasteiger partial charge in [-0.15, -0.1) is 0 Å². The molecule has 2 rings (SSSR count). The molecule has 0 aliphatic heterocycles. The van der Waals surface area contributed by atoms with Gasteiger partial charge in [0.2, 0.25) is 5.78 Å². The van der Waals surface area contributed by atoms with E-state index in [0.717, 1.165) is 12.1 Å². The Morgan fingerprint density at radius 2 is 1.57 bits per heavy atom. The third-order valence-electron chi connectivity index (χ3n) is 2.93. The maximum Gasteiger partial charge on any atom is 0.416 e. The summed E-state index contributed by atoms with van der Waals surface area (Å²) in [4.78, 5) is 21.5. The van der Waals surface area contributed by atoms with E-state index in [4.69, 9.17) is 4.74 Å². The number of hydrogen-bond donors (Lipinski definition) is 0. The first-order valence-corrected chi connectivity index (χ1v) is 6.28. The van der Waals surface area contributed by atoms with Gasteiger partial charge in [-0.3, -0.25) is 9.59 Å². The predicted octanol–water partition coefficient (Wildman–Crippen LogP) is 2.84. The van der Waals surface area contributed by atoms with Crippen molar-refractivity contribution in [2.45, 2.75) is 12.8 Å². The number of ether oxygens (including phenoxy) is 1. The molecule has 0 heterocycles. The molecular formula is C16H13F3O4. The van der Waals surface area contributed by atoms with E-state index < -0.39 is 17.5 Å². The van der Waals surface area contributed by atoms with Crippen LogP contribution in [0.4, 0.5) is 13.2 Å². The lowest BCUT2D eigenvalue weighted by Gasteiger charge is -2.09. The lowest BCUT2D eigenvalue weighted by Crippen LogP contribution is -2.05. The van der Waals surface area contributed by atoms with Crippen molar-refractivity contribution in [2.75, 3.05) is 0 Å². The number of hydrogen-bond acceptors (Lipinski definition) is 3. The minimum Gasteiger partial charge on any atom is -0.489 e. The number of carbonyl (C=O) groups excluding carboxylic acids is 2.